The molecule has 76 valence electrons. The highest BCUT2D eigenvalue weighted by molar-refractivity contribution is 9.10. The van der Waals surface area contributed by atoms with Crippen LogP contribution in [-0.2, 0) is 6.42 Å². The molecule has 0 radical (unpaired) electrons. The molecular formula is C10H10BrFOS. The van der Waals surface area contributed by atoms with E-state index < -0.39 is 5.60 Å². The molecule has 1 aliphatic heterocycles. The molecule has 0 bridgehead atoms. The fraction of sp³-hybridized carbons (Fsp3) is 0.400. The van der Waals surface area contributed by atoms with E-state index in [0.29, 0.717) is 6.42 Å². The quantitative estimate of drug-likeness (QED) is 0.896. The normalized spacial score (nSPS) is 19.1. The van der Waals surface area contributed by atoms with Gasteiger partial charge in [0.15, 0.2) is 0 Å². The maximum atomic E-state index is 13.0. The Bertz CT molecular complexity index is 332. The Hall–Kier alpha value is -0.0600. The van der Waals surface area contributed by atoms with Crippen molar-refractivity contribution in [1.82, 2.24) is 0 Å². The van der Waals surface area contributed by atoms with Crippen molar-refractivity contribution in [2.24, 2.45) is 0 Å². The molecule has 1 nitrogen and oxygen atoms in total. The van der Waals surface area contributed by atoms with Gasteiger partial charge in [-0.25, -0.2) is 4.39 Å². The third-order valence-electron chi connectivity index (χ3n) is 2.20. The zero-order valence-corrected chi connectivity index (χ0v) is 9.87. The van der Waals surface area contributed by atoms with Gasteiger partial charge in [0.05, 0.1) is 5.60 Å². The average Bonchev–Trinajstić information content (AvgIpc) is 1.99. The van der Waals surface area contributed by atoms with Crippen molar-refractivity contribution in [3.8, 4) is 0 Å². The Kier molecular flexibility index (Phi) is 2.86. The monoisotopic (exact) mass is 276 g/mol. The van der Waals surface area contributed by atoms with E-state index in [1.807, 2.05) is 6.07 Å². The molecule has 1 saturated heterocycles. The highest BCUT2D eigenvalue weighted by atomic mass is 79.9. The fourth-order valence-corrected chi connectivity index (χ4v) is 2.92. The minimum Gasteiger partial charge on any atom is -0.388 e. The Labute approximate surface area is 94.8 Å². The molecule has 14 heavy (non-hydrogen) atoms. The van der Waals surface area contributed by atoms with Gasteiger partial charge < -0.3 is 5.11 Å². The lowest BCUT2D eigenvalue weighted by Crippen LogP contribution is -2.45. The molecule has 0 amide bonds. The summed E-state index contributed by atoms with van der Waals surface area (Å²) in [5.41, 5.74) is 0.234. The number of halogens is 2. The lowest BCUT2D eigenvalue weighted by atomic mass is 9.97. The first-order chi connectivity index (χ1) is 6.57. The number of hydrogen-bond donors (Lipinski definition) is 1. The smallest absolute Gasteiger partial charge is 0.124 e. The largest absolute Gasteiger partial charge is 0.388 e. The summed E-state index contributed by atoms with van der Waals surface area (Å²) in [7, 11) is 0. The summed E-state index contributed by atoms with van der Waals surface area (Å²) in [5.74, 6) is 1.24. The molecule has 0 atom stereocenters. The van der Waals surface area contributed by atoms with Crippen LogP contribution >= 0.6 is 27.7 Å². The van der Waals surface area contributed by atoms with E-state index in [1.54, 1.807) is 11.8 Å². The molecule has 4 heteroatoms. The Morgan fingerprint density at radius 2 is 2.14 bits per heavy atom. The van der Waals surface area contributed by atoms with Crippen LogP contribution in [0, 0.1) is 5.82 Å². The third-order valence-corrected chi connectivity index (χ3v) is 4.14. The molecule has 0 aliphatic carbocycles. The van der Waals surface area contributed by atoms with E-state index in [0.717, 1.165) is 21.5 Å². The van der Waals surface area contributed by atoms with E-state index in [1.165, 1.54) is 12.1 Å². The van der Waals surface area contributed by atoms with Crippen LogP contribution in [0.25, 0.3) is 0 Å². The average molecular weight is 277 g/mol. The van der Waals surface area contributed by atoms with Gasteiger partial charge in [-0.1, -0.05) is 15.9 Å². The molecule has 0 spiro atoms. The summed E-state index contributed by atoms with van der Waals surface area (Å²) >= 11 is 4.95. The molecule has 1 N–H and O–H groups in total. The van der Waals surface area contributed by atoms with Gasteiger partial charge in [0, 0.05) is 22.4 Å². The number of hydrogen-bond acceptors (Lipinski definition) is 2. The predicted molar refractivity (Wildman–Crippen MR) is 60.1 cm³/mol. The van der Waals surface area contributed by atoms with E-state index >= 15 is 0 Å². The zero-order valence-electron chi connectivity index (χ0n) is 7.46. The van der Waals surface area contributed by atoms with Gasteiger partial charge in [-0.15, -0.1) is 0 Å². The Morgan fingerprint density at radius 1 is 1.43 bits per heavy atom. The fourth-order valence-electron chi connectivity index (χ4n) is 1.53. The molecule has 1 fully saturated rings. The van der Waals surface area contributed by atoms with Crippen LogP contribution in [0.3, 0.4) is 0 Å². The van der Waals surface area contributed by atoms with Crippen LogP contribution in [0.15, 0.2) is 22.7 Å². The van der Waals surface area contributed by atoms with Gasteiger partial charge in [-0.2, -0.15) is 11.8 Å². The van der Waals surface area contributed by atoms with Crippen LogP contribution in [0.1, 0.15) is 5.56 Å². The van der Waals surface area contributed by atoms with Gasteiger partial charge in [0.1, 0.15) is 5.82 Å². The predicted octanol–water partition coefficient (Wildman–Crippen LogP) is 2.61. The molecule has 1 aliphatic rings. The van der Waals surface area contributed by atoms with Crippen molar-refractivity contribution in [2.45, 2.75) is 12.0 Å². The summed E-state index contributed by atoms with van der Waals surface area (Å²) in [6.45, 7) is 0. The van der Waals surface area contributed by atoms with Crippen LogP contribution < -0.4 is 0 Å². The molecule has 1 heterocycles. The summed E-state index contributed by atoms with van der Waals surface area (Å²) in [4.78, 5) is 0. The van der Waals surface area contributed by atoms with Crippen molar-refractivity contribution in [3.63, 3.8) is 0 Å². The lowest BCUT2D eigenvalue weighted by molar-refractivity contribution is 0.0792. The molecule has 2 rings (SSSR count). The summed E-state index contributed by atoms with van der Waals surface area (Å²) < 4.78 is 13.7. The second-order valence-electron chi connectivity index (χ2n) is 3.67. The van der Waals surface area contributed by atoms with Crippen LogP contribution in [0.5, 0.6) is 0 Å². The van der Waals surface area contributed by atoms with Gasteiger partial charge in [0.25, 0.3) is 0 Å². The molecular weight excluding hydrogens is 267 g/mol. The maximum Gasteiger partial charge on any atom is 0.124 e. The van der Waals surface area contributed by atoms with Crippen LogP contribution in [-0.4, -0.2) is 22.2 Å². The maximum absolute atomic E-state index is 13.0. The van der Waals surface area contributed by atoms with Gasteiger partial charge in [-0.05, 0) is 23.8 Å². The van der Waals surface area contributed by atoms with Gasteiger partial charge >= 0.3 is 0 Å². The minimum atomic E-state index is -0.613. The molecule has 0 unspecified atom stereocenters. The van der Waals surface area contributed by atoms with Crippen molar-refractivity contribution >= 4 is 27.7 Å². The Balaban J connectivity index is 2.16. The molecule has 1 aromatic rings. The summed E-state index contributed by atoms with van der Waals surface area (Å²) in [6.07, 6.45) is 0.538. The van der Waals surface area contributed by atoms with Crippen molar-refractivity contribution < 1.29 is 9.50 Å². The first-order valence-corrected chi connectivity index (χ1v) is 6.27. The SMILES string of the molecule is OC1(Cc2cc(F)cc(Br)c2)CSC1. The highest BCUT2D eigenvalue weighted by Crippen LogP contribution is 2.33. The van der Waals surface area contributed by atoms with Crippen LogP contribution in [0.2, 0.25) is 0 Å². The van der Waals surface area contributed by atoms with Gasteiger partial charge in [-0.3, -0.25) is 0 Å². The lowest BCUT2D eigenvalue weighted by Gasteiger charge is -2.36. The molecule has 0 aromatic heterocycles. The highest BCUT2D eigenvalue weighted by Gasteiger charge is 2.35. The number of thioether (sulfide) groups is 1. The topological polar surface area (TPSA) is 20.2 Å². The molecule has 1 aromatic carbocycles. The summed E-state index contributed by atoms with van der Waals surface area (Å²) in [5, 5.41) is 9.89. The third kappa shape index (κ3) is 2.30. The second-order valence-corrected chi connectivity index (χ2v) is 5.57. The van der Waals surface area contributed by atoms with E-state index in [4.69, 9.17) is 0 Å². The van der Waals surface area contributed by atoms with Crippen molar-refractivity contribution in [2.75, 3.05) is 11.5 Å². The van der Waals surface area contributed by atoms with Gasteiger partial charge in [0.2, 0.25) is 0 Å². The van der Waals surface area contributed by atoms with Crippen molar-refractivity contribution in [3.05, 3.63) is 34.1 Å². The minimum absolute atomic E-state index is 0.259. The number of benzene rings is 1. The summed E-state index contributed by atoms with van der Waals surface area (Å²) in [6, 6.07) is 4.75. The Morgan fingerprint density at radius 3 is 2.64 bits per heavy atom. The number of rotatable bonds is 2. The zero-order chi connectivity index (χ0) is 10.2. The first-order valence-electron chi connectivity index (χ1n) is 4.33. The van der Waals surface area contributed by atoms with E-state index in [2.05, 4.69) is 15.9 Å². The number of aliphatic hydroxyl groups is 1. The van der Waals surface area contributed by atoms with E-state index in [9.17, 15) is 9.50 Å². The van der Waals surface area contributed by atoms with E-state index in [-0.39, 0.29) is 5.82 Å². The second kappa shape index (κ2) is 3.83. The molecule has 0 saturated carbocycles. The first kappa shape index (κ1) is 10.5. The van der Waals surface area contributed by atoms with Crippen molar-refractivity contribution in [1.29, 1.82) is 0 Å². The van der Waals surface area contributed by atoms with Crippen LogP contribution in [0.4, 0.5) is 4.39 Å². The standard InChI is InChI=1S/C10H10BrFOS/c11-8-1-7(2-9(12)3-8)4-10(13)5-14-6-10/h1-3,13H,4-6H2.